The van der Waals surface area contributed by atoms with Crippen molar-refractivity contribution in [1.29, 1.82) is 0 Å². The van der Waals surface area contributed by atoms with Gasteiger partial charge in [0.25, 0.3) is 5.56 Å². The van der Waals surface area contributed by atoms with Crippen molar-refractivity contribution in [3.05, 3.63) is 92.7 Å². The monoisotopic (exact) mass is 462 g/mol. The molecule has 4 rings (SSSR count). The zero-order valence-electron chi connectivity index (χ0n) is 17.4. The molecule has 0 aliphatic carbocycles. The van der Waals surface area contributed by atoms with Crippen LogP contribution in [0.1, 0.15) is 37.9 Å². The van der Waals surface area contributed by atoms with Crippen LogP contribution in [-0.2, 0) is 5.41 Å². The Morgan fingerprint density at radius 2 is 1.80 bits per heavy atom. The summed E-state index contributed by atoms with van der Waals surface area (Å²) in [6.07, 6.45) is 3.69. The van der Waals surface area contributed by atoms with Gasteiger partial charge in [-0.15, -0.1) is 0 Å². The second-order valence-electron chi connectivity index (χ2n) is 8.35. The number of hydrogen-bond acceptors (Lipinski definition) is 3. The van der Waals surface area contributed by atoms with Crippen LogP contribution in [0, 0.1) is 6.92 Å². The molecule has 2 heterocycles. The van der Waals surface area contributed by atoms with Gasteiger partial charge in [-0.05, 0) is 49.4 Å². The second-order valence-corrected chi connectivity index (χ2v) is 9.26. The van der Waals surface area contributed by atoms with E-state index in [2.05, 4.69) is 52.2 Å². The summed E-state index contributed by atoms with van der Waals surface area (Å²) < 4.78 is 4.29. The van der Waals surface area contributed by atoms with Gasteiger partial charge in [0.05, 0.1) is 22.8 Å². The van der Waals surface area contributed by atoms with Gasteiger partial charge in [-0.25, -0.2) is 4.98 Å². The van der Waals surface area contributed by atoms with Crippen LogP contribution in [-0.4, -0.2) is 20.4 Å². The van der Waals surface area contributed by atoms with Crippen molar-refractivity contribution in [2.24, 2.45) is 5.10 Å². The summed E-state index contributed by atoms with van der Waals surface area (Å²) in [7, 11) is 0. The SMILES string of the molecule is Cc1ccc(-n2cccc2C=Nn2c(C(C)(C)C)nc3ccc(Br)cc3c2=O)cc1. The first-order valence-electron chi connectivity index (χ1n) is 9.75. The zero-order valence-corrected chi connectivity index (χ0v) is 19.0. The predicted molar refractivity (Wildman–Crippen MR) is 126 cm³/mol. The van der Waals surface area contributed by atoms with E-state index in [9.17, 15) is 4.79 Å². The quantitative estimate of drug-likeness (QED) is 0.380. The topological polar surface area (TPSA) is 52.2 Å². The number of benzene rings is 2. The van der Waals surface area contributed by atoms with Crippen molar-refractivity contribution in [3.8, 4) is 5.69 Å². The van der Waals surface area contributed by atoms with Crippen molar-refractivity contribution in [1.82, 2.24) is 14.2 Å². The number of hydrogen-bond donors (Lipinski definition) is 0. The maximum absolute atomic E-state index is 13.3. The van der Waals surface area contributed by atoms with Gasteiger partial charge in [0, 0.05) is 21.8 Å². The summed E-state index contributed by atoms with van der Waals surface area (Å²) in [4.78, 5) is 18.0. The number of aryl methyl sites for hydroxylation is 1. The molecular formula is C24H23BrN4O. The van der Waals surface area contributed by atoms with E-state index in [1.165, 1.54) is 10.2 Å². The van der Waals surface area contributed by atoms with E-state index in [1.807, 2.05) is 55.8 Å². The third kappa shape index (κ3) is 3.87. The lowest BCUT2D eigenvalue weighted by Crippen LogP contribution is -2.29. The highest BCUT2D eigenvalue weighted by molar-refractivity contribution is 9.10. The standard InChI is InChI=1S/C24H23BrN4O/c1-16-7-10-18(11-8-16)28-13-5-6-19(28)15-26-29-22(30)20-14-17(25)9-12-21(20)27-23(29)24(2,3)4/h5-15H,1-4H3. The molecule has 152 valence electrons. The van der Waals surface area contributed by atoms with Gasteiger partial charge in [-0.2, -0.15) is 9.78 Å². The maximum Gasteiger partial charge on any atom is 0.282 e. The van der Waals surface area contributed by atoms with E-state index in [1.54, 1.807) is 12.3 Å². The van der Waals surface area contributed by atoms with Crippen LogP contribution in [0.5, 0.6) is 0 Å². The van der Waals surface area contributed by atoms with Gasteiger partial charge in [0.15, 0.2) is 0 Å². The lowest BCUT2D eigenvalue weighted by atomic mass is 9.95. The highest BCUT2D eigenvalue weighted by Gasteiger charge is 2.23. The van der Waals surface area contributed by atoms with E-state index >= 15 is 0 Å². The number of halogens is 1. The average molecular weight is 463 g/mol. The molecular weight excluding hydrogens is 440 g/mol. The van der Waals surface area contributed by atoms with Crippen molar-refractivity contribution in [2.45, 2.75) is 33.1 Å². The van der Waals surface area contributed by atoms with Crippen LogP contribution in [0.15, 0.2) is 75.2 Å². The molecule has 0 unspecified atom stereocenters. The summed E-state index contributed by atoms with van der Waals surface area (Å²) in [6, 6.07) is 17.7. The third-order valence-electron chi connectivity index (χ3n) is 4.88. The Bertz CT molecular complexity index is 1310. The van der Waals surface area contributed by atoms with E-state index in [-0.39, 0.29) is 11.0 Å². The molecule has 0 saturated heterocycles. The number of fused-ring (bicyclic) bond motifs is 1. The first kappa shape index (κ1) is 20.3. The predicted octanol–water partition coefficient (Wildman–Crippen LogP) is 5.44. The smallest absolute Gasteiger partial charge is 0.282 e. The molecule has 0 radical (unpaired) electrons. The summed E-state index contributed by atoms with van der Waals surface area (Å²) >= 11 is 3.44. The average Bonchev–Trinajstić information content (AvgIpc) is 3.16. The summed E-state index contributed by atoms with van der Waals surface area (Å²) in [6.45, 7) is 8.15. The van der Waals surface area contributed by atoms with Gasteiger partial charge in [0.2, 0.25) is 0 Å². The van der Waals surface area contributed by atoms with Gasteiger partial charge in [-0.3, -0.25) is 4.79 Å². The Morgan fingerprint density at radius 3 is 2.50 bits per heavy atom. The number of nitrogens with zero attached hydrogens (tertiary/aromatic N) is 4. The Kier molecular flexibility index (Phi) is 5.20. The van der Waals surface area contributed by atoms with Gasteiger partial charge in [0.1, 0.15) is 5.82 Å². The second kappa shape index (κ2) is 7.69. The molecule has 30 heavy (non-hydrogen) atoms. The normalized spacial score (nSPS) is 12.2. The lowest BCUT2D eigenvalue weighted by molar-refractivity contribution is 0.506. The molecule has 5 nitrogen and oxygen atoms in total. The van der Waals surface area contributed by atoms with Crippen LogP contribution >= 0.6 is 15.9 Å². The van der Waals surface area contributed by atoms with Crippen molar-refractivity contribution in [3.63, 3.8) is 0 Å². The summed E-state index contributed by atoms with van der Waals surface area (Å²) in [5, 5.41) is 5.11. The van der Waals surface area contributed by atoms with Crippen LogP contribution in [0.25, 0.3) is 16.6 Å². The first-order chi connectivity index (χ1) is 14.2. The molecule has 0 atom stereocenters. The summed E-state index contributed by atoms with van der Waals surface area (Å²) in [5.74, 6) is 0.618. The van der Waals surface area contributed by atoms with Gasteiger partial charge >= 0.3 is 0 Å². The van der Waals surface area contributed by atoms with Crippen molar-refractivity contribution in [2.75, 3.05) is 0 Å². The van der Waals surface area contributed by atoms with Gasteiger partial charge < -0.3 is 4.57 Å². The molecule has 6 heteroatoms. The molecule has 4 aromatic rings. The highest BCUT2D eigenvalue weighted by atomic mass is 79.9. The third-order valence-corrected chi connectivity index (χ3v) is 5.37. The fraction of sp³-hybridized carbons (Fsp3) is 0.208. The van der Waals surface area contributed by atoms with Crippen LogP contribution in [0.3, 0.4) is 0 Å². The minimum atomic E-state index is -0.350. The Morgan fingerprint density at radius 1 is 1.07 bits per heavy atom. The molecule has 2 aromatic carbocycles. The highest BCUT2D eigenvalue weighted by Crippen LogP contribution is 2.23. The van der Waals surface area contributed by atoms with E-state index < -0.39 is 0 Å². The van der Waals surface area contributed by atoms with E-state index in [0.717, 1.165) is 15.9 Å². The van der Waals surface area contributed by atoms with Crippen molar-refractivity contribution < 1.29 is 0 Å². The Balaban J connectivity index is 1.86. The molecule has 0 fully saturated rings. The first-order valence-corrected chi connectivity index (χ1v) is 10.5. The fourth-order valence-electron chi connectivity index (χ4n) is 3.30. The van der Waals surface area contributed by atoms with E-state index in [4.69, 9.17) is 4.98 Å². The van der Waals surface area contributed by atoms with E-state index in [0.29, 0.717) is 16.7 Å². The molecule has 0 N–H and O–H groups in total. The van der Waals surface area contributed by atoms with Crippen LogP contribution < -0.4 is 5.56 Å². The number of rotatable bonds is 3. The summed E-state index contributed by atoms with van der Waals surface area (Å²) in [5.41, 5.74) is 3.25. The molecule has 0 bridgehead atoms. The minimum Gasteiger partial charge on any atom is -0.316 e. The number of aromatic nitrogens is 3. The minimum absolute atomic E-state index is 0.184. The fourth-order valence-corrected chi connectivity index (χ4v) is 3.66. The Labute approximate surface area is 183 Å². The molecule has 0 amide bonds. The van der Waals surface area contributed by atoms with Crippen LogP contribution in [0.2, 0.25) is 0 Å². The lowest BCUT2D eigenvalue weighted by Gasteiger charge is -2.21. The molecule has 0 saturated carbocycles. The van der Waals surface area contributed by atoms with Crippen LogP contribution in [0.4, 0.5) is 0 Å². The molecule has 0 spiro atoms. The van der Waals surface area contributed by atoms with Gasteiger partial charge in [-0.1, -0.05) is 54.4 Å². The zero-order chi connectivity index (χ0) is 21.5. The Hall–Kier alpha value is -2.99. The molecule has 0 aliphatic heterocycles. The largest absolute Gasteiger partial charge is 0.316 e. The van der Waals surface area contributed by atoms with Crippen molar-refractivity contribution >= 4 is 33.0 Å². The maximum atomic E-state index is 13.3. The molecule has 2 aromatic heterocycles. The molecule has 0 aliphatic rings.